The van der Waals surface area contributed by atoms with Crippen LogP contribution in [-0.2, 0) is 6.42 Å². The van der Waals surface area contributed by atoms with Crippen LogP contribution in [0.4, 0.5) is 10.5 Å². The number of aromatic nitrogens is 2. The van der Waals surface area contributed by atoms with E-state index in [-0.39, 0.29) is 10.7 Å². The van der Waals surface area contributed by atoms with E-state index in [1.807, 2.05) is 6.92 Å². The molecule has 0 bridgehead atoms. The number of nitrogens with one attached hydrogen (secondary N) is 1. The first kappa shape index (κ1) is 25.4. The second-order valence-electron chi connectivity index (χ2n) is 7.75. The highest BCUT2D eigenvalue weighted by Gasteiger charge is 2.18. The van der Waals surface area contributed by atoms with Crippen molar-refractivity contribution in [3.63, 3.8) is 0 Å². The van der Waals surface area contributed by atoms with E-state index in [1.165, 1.54) is 11.9 Å². The van der Waals surface area contributed by atoms with Crippen LogP contribution < -0.4 is 19.5 Å². The maximum atomic E-state index is 11.2. The summed E-state index contributed by atoms with van der Waals surface area (Å²) in [5.41, 5.74) is 2.75. The van der Waals surface area contributed by atoms with E-state index in [9.17, 15) is 9.90 Å². The summed E-state index contributed by atoms with van der Waals surface area (Å²) in [6.07, 6.45) is 0.730. The summed E-state index contributed by atoms with van der Waals surface area (Å²) in [6, 6.07) is 15.0. The SMILES string of the molecule is COc1cc2ncnc(Oc3ccc(NC(=O)O)c(Cl)c3CCSc3ccc(C)cc3)c2cc1OC. The molecule has 1 heterocycles. The summed E-state index contributed by atoms with van der Waals surface area (Å²) in [6.45, 7) is 2.04. The van der Waals surface area contributed by atoms with Crippen LogP contribution in [0.3, 0.4) is 0 Å². The molecule has 0 radical (unpaired) electrons. The number of thioether (sulfide) groups is 1. The van der Waals surface area contributed by atoms with Gasteiger partial charge in [0.1, 0.15) is 12.1 Å². The first-order valence-corrected chi connectivity index (χ1v) is 12.3. The Kier molecular flexibility index (Phi) is 8.02. The third-order valence-electron chi connectivity index (χ3n) is 5.39. The van der Waals surface area contributed by atoms with Crippen LogP contribution in [0.5, 0.6) is 23.1 Å². The number of methoxy groups -OCH3 is 2. The molecule has 0 aliphatic carbocycles. The van der Waals surface area contributed by atoms with Crippen LogP contribution in [0.15, 0.2) is 59.8 Å². The van der Waals surface area contributed by atoms with Crippen molar-refractivity contribution in [3.8, 4) is 23.1 Å². The number of anilines is 1. The molecule has 1 amide bonds. The molecule has 0 atom stereocenters. The van der Waals surface area contributed by atoms with Crippen LogP contribution in [0.25, 0.3) is 10.9 Å². The smallest absolute Gasteiger partial charge is 0.409 e. The van der Waals surface area contributed by atoms with E-state index >= 15 is 0 Å². The van der Waals surface area contributed by atoms with Crippen LogP contribution in [-0.4, -0.2) is 41.1 Å². The van der Waals surface area contributed by atoms with Gasteiger partial charge in [-0.15, -0.1) is 11.8 Å². The van der Waals surface area contributed by atoms with Gasteiger partial charge in [0.05, 0.1) is 35.8 Å². The lowest BCUT2D eigenvalue weighted by atomic mass is 10.1. The highest BCUT2D eigenvalue weighted by Crippen LogP contribution is 2.40. The zero-order chi connectivity index (χ0) is 25.7. The number of ether oxygens (including phenoxy) is 3. The molecular weight excluding hydrogens is 502 g/mol. The van der Waals surface area contributed by atoms with Crippen molar-refractivity contribution in [3.05, 3.63) is 71.0 Å². The molecule has 0 unspecified atom stereocenters. The molecule has 1 aromatic heterocycles. The molecule has 0 aliphatic heterocycles. The summed E-state index contributed by atoms with van der Waals surface area (Å²) in [5.74, 6) is 2.53. The van der Waals surface area contributed by atoms with Gasteiger partial charge in [-0.05, 0) is 43.7 Å². The fourth-order valence-electron chi connectivity index (χ4n) is 3.59. The van der Waals surface area contributed by atoms with E-state index in [0.717, 1.165) is 4.90 Å². The van der Waals surface area contributed by atoms with Gasteiger partial charge in [0.25, 0.3) is 0 Å². The van der Waals surface area contributed by atoms with Gasteiger partial charge < -0.3 is 19.3 Å². The number of hydrogen-bond donors (Lipinski definition) is 2. The second-order valence-corrected chi connectivity index (χ2v) is 9.30. The average molecular weight is 526 g/mol. The van der Waals surface area contributed by atoms with E-state index < -0.39 is 6.09 Å². The quantitative estimate of drug-likeness (QED) is 0.229. The molecule has 0 saturated carbocycles. The lowest BCUT2D eigenvalue weighted by molar-refractivity contribution is 0.209. The minimum absolute atomic E-state index is 0.275. The molecule has 3 aromatic carbocycles. The largest absolute Gasteiger partial charge is 0.493 e. The van der Waals surface area contributed by atoms with Gasteiger partial charge in [-0.1, -0.05) is 29.3 Å². The number of carbonyl (C=O) groups is 1. The van der Waals surface area contributed by atoms with Crippen molar-refractivity contribution in [2.45, 2.75) is 18.2 Å². The predicted molar refractivity (Wildman–Crippen MR) is 141 cm³/mol. The Balaban J connectivity index is 1.68. The molecule has 36 heavy (non-hydrogen) atoms. The van der Waals surface area contributed by atoms with E-state index in [0.29, 0.717) is 51.8 Å². The normalized spacial score (nSPS) is 10.8. The van der Waals surface area contributed by atoms with Gasteiger partial charge >= 0.3 is 6.09 Å². The van der Waals surface area contributed by atoms with Crippen LogP contribution in [0, 0.1) is 6.92 Å². The number of hydrogen-bond acceptors (Lipinski definition) is 7. The molecule has 0 saturated heterocycles. The molecule has 0 spiro atoms. The lowest BCUT2D eigenvalue weighted by Gasteiger charge is -2.16. The Labute approximate surface area is 217 Å². The van der Waals surface area contributed by atoms with Gasteiger partial charge in [0.2, 0.25) is 5.88 Å². The maximum Gasteiger partial charge on any atom is 0.409 e. The van der Waals surface area contributed by atoms with E-state index in [4.69, 9.17) is 25.8 Å². The molecule has 10 heteroatoms. The maximum absolute atomic E-state index is 11.2. The summed E-state index contributed by atoms with van der Waals surface area (Å²) in [4.78, 5) is 21.0. The molecule has 186 valence electrons. The van der Waals surface area contributed by atoms with E-state index in [1.54, 1.807) is 50.2 Å². The minimum Gasteiger partial charge on any atom is -0.493 e. The van der Waals surface area contributed by atoms with Crippen LogP contribution >= 0.6 is 23.4 Å². The third kappa shape index (κ3) is 5.75. The standard InChI is InChI=1S/C26H24ClN3O5S/c1-15-4-6-16(7-5-15)36-11-10-17-21(9-8-19(24(17)27)30-26(31)32)35-25-18-12-22(33-2)23(34-3)13-20(18)28-14-29-25/h4-9,12-14,30H,10-11H2,1-3H3,(H,31,32). The monoisotopic (exact) mass is 525 g/mol. The molecule has 4 rings (SSSR count). The number of carboxylic acid groups (broad SMARTS) is 1. The third-order valence-corrected chi connectivity index (χ3v) is 6.84. The Morgan fingerprint density at radius 1 is 1.03 bits per heavy atom. The molecule has 2 N–H and O–H groups in total. The highest BCUT2D eigenvalue weighted by atomic mass is 35.5. The Bertz CT molecular complexity index is 1400. The van der Waals surface area contributed by atoms with Crippen LogP contribution in [0.2, 0.25) is 5.02 Å². The summed E-state index contributed by atoms with van der Waals surface area (Å²) >= 11 is 8.32. The predicted octanol–water partition coefficient (Wildman–Crippen LogP) is 6.83. The first-order chi connectivity index (χ1) is 17.4. The lowest BCUT2D eigenvalue weighted by Crippen LogP contribution is -2.09. The van der Waals surface area contributed by atoms with Crippen molar-refractivity contribution in [1.82, 2.24) is 9.97 Å². The number of amides is 1. The molecule has 4 aromatic rings. The van der Waals surface area contributed by atoms with Crippen molar-refractivity contribution in [1.29, 1.82) is 0 Å². The van der Waals surface area contributed by atoms with Crippen molar-refractivity contribution in [2.24, 2.45) is 0 Å². The van der Waals surface area contributed by atoms with E-state index in [2.05, 4.69) is 39.6 Å². The average Bonchev–Trinajstić information content (AvgIpc) is 2.87. The zero-order valence-corrected chi connectivity index (χ0v) is 21.4. The first-order valence-electron chi connectivity index (χ1n) is 10.9. The number of halogens is 1. The fourth-order valence-corrected chi connectivity index (χ4v) is 4.76. The van der Waals surface area contributed by atoms with Gasteiger partial charge in [-0.25, -0.2) is 14.8 Å². The number of nitrogens with zero attached hydrogens (tertiary/aromatic N) is 2. The number of fused-ring (bicyclic) bond motifs is 1. The van der Waals surface area contributed by atoms with Crippen LogP contribution in [0.1, 0.15) is 11.1 Å². The summed E-state index contributed by atoms with van der Waals surface area (Å²) in [5, 5.41) is 12.4. The van der Waals surface area contributed by atoms with Gasteiger partial charge in [-0.2, -0.15) is 0 Å². The zero-order valence-electron chi connectivity index (χ0n) is 19.9. The Morgan fingerprint density at radius 3 is 2.44 bits per heavy atom. The Morgan fingerprint density at radius 2 is 1.75 bits per heavy atom. The molecule has 0 fully saturated rings. The van der Waals surface area contributed by atoms with Gasteiger partial charge in [0.15, 0.2) is 11.5 Å². The number of benzene rings is 3. The van der Waals surface area contributed by atoms with Gasteiger partial charge in [-0.3, -0.25) is 5.32 Å². The number of rotatable bonds is 9. The molecule has 0 aliphatic rings. The minimum atomic E-state index is -1.20. The fraction of sp³-hybridized carbons (Fsp3) is 0.192. The van der Waals surface area contributed by atoms with Crippen molar-refractivity contribution >= 4 is 46.0 Å². The second kappa shape index (κ2) is 11.4. The topological polar surface area (TPSA) is 103 Å². The number of aryl methyl sites for hydroxylation is 1. The Hall–Kier alpha value is -3.69. The summed E-state index contributed by atoms with van der Waals surface area (Å²) < 4.78 is 17.0. The molecule has 8 nitrogen and oxygen atoms in total. The molecular formula is C26H24ClN3O5S. The van der Waals surface area contributed by atoms with Crippen molar-refractivity contribution in [2.75, 3.05) is 25.3 Å². The van der Waals surface area contributed by atoms with Crippen molar-refractivity contribution < 1.29 is 24.1 Å². The summed E-state index contributed by atoms with van der Waals surface area (Å²) in [7, 11) is 3.10. The van der Waals surface area contributed by atoms with Gasteiger partial charge in [0, 0.05) is 22.3 Å². The highest BCUT2D eigenvalue weighted by molar-refractivity contribution is 7.99.